The van der Waals surface area contributed by atoms with Crippen molar-refractivity contribution in [2.75, 3.05) is 20.2 Å². The molecule has 3 aliphatic heterocycles. The van der Waals surface area contributed by atoms with Crippen LogP contribution < -0.4 is 10.7 Å². The van der Waals surface area contributed by atoms with E-state index in [1.54, 1.807) is 19.2 Å². The van der Waals surface area contributed by atoms with E-state index in [4.69, 9.17) is 9.72 Å². The SMILES string of the molecule is CO[C@@H](c1cc(-c2ccc(F)cc2)c(C2NCCC2O)nc1S(=O)(=O)[C@@H]1CCC2=CN3C=CCN3NC2C1)C1CC1. The quantitative estimate of drug-likeness (QED) is 0.453. The number of nitrogens with one attached hydrogen (secondary N) is 2. The average Bonchev–Trinajstić information content (AvgIpc) is 3.55. The van der Waals surface area contributed by atoms with Gasteiger partial charge in [0.25, 0.3) is 0 Å². The van der Waals surface area contributed by atoms with E-state index in [1.165, 1.54) is 17.7 Å². The summed E-state index contributed by atoms with van der Waals surface area (Å²) in [6.07, 6.45) is 9.12. The van der Waals surface area contributed by atoms with Gasteiger partial charge in [-0.2, -0.15) is 0 Å². The van der Waals surface area contributed by atoms with Gasteiger partial charge in [0, 0.05) is 36.7 Å². The molecular formula is C30H36FN5O4S. The smallest absolute Gasteiger partial charge is 0.198 e. The van der Waals surface area contributed by atoms with Crippen molar-refractivity contribution in [3.63, 3.8) is 0 Å². The largest absolute Gasteiger partial charge is 0.391 e. The van der Waals surface area contributed by atoms with Gasteiger partial charge in [0.15, 0.2) is 14.9 Å². The number of nitrogens with zero attached hydrogens (tertiary/aromatic N) is 3. The minimum absolute atomic E-state index is 0.0516. The Morgan fingerprint density at radius 3 is 2.68 bits per heavy atom. The van der Waals surface area contributed by atoms with Gasteiger partial charge in [0.05, 0.1) is 35.7 Å². The second-order valence-electron chi connectivity index (χ2n) is 11.8. The maximum absolute atomic E-state index is 14.6. The molecule has 9 nitrogen and oxygen atoms in total. The van der Waals surface area contributed by atoms with Crippen LogP contribution >= 0.6 is 0 Å². The molecule has 2 aliphatic carbocycles. The number of aliphatic hydroxyl groups is 1. The minimum atomic E-state index is -3.88. The van der Waals surface area contributed by atoms with E-state index < -0.39 is 33.3 Å². The summed E-state index contributed by atoms with van der Waals surface area (Å²) < 4.78 is 49.0. The zero-order chi connectivity index (χ0) is 28.3. The second-order valence-corrected chi connectivity index (χ2v) is 13.9. The fourth-order valence-corrected chi connectivity index (χ4v) is 8.69. The van der Waals surface area contributed by atoms with Crippen molar-refractivity contribution in [2.24, 2.45) is 5.92 Å². The molecule has 1 aromatic heterocycles. The summed E-state index contributed by atoms with van der Waals surface area (Å²) in [7, 11) is -2.26. The number of hydrazine groups is 2. The lowest BCUT2D eigenvalue weighted by Gasteiger charge is -2.41. The number of hydrogen-bond acceptors (Lipinski definition) is 9. The molecule has 218 valence electrons. The summed E-state index contributed by atoms with van der Waals surface area (Å²) in [6.45, 7) is 1.32. The third-order valence-corrected chi connectivity index (χ3v) is 11.3. The van der Waals surface area contributed by atoms with Gasteiger partial charge >= 0.3 is 0 Å². The normalized spacial score (nSPS) is 28.9. The van der Waals surface area contributed by atoms with Gasteiger partial charge in [-0.05, 0) is 86.4 Å². The first-order valence-corrected chi connectivity index (χ1v) is 16.1. The molecule has 0 radical (unpaired) electrons. The van der Waals surface area contributed by atoms with E-state index in [1.807, 2.05) is 22.4 Å². The Hall–Kier alpha value is -2.67. The van der Waals surface area contributed by atoms with Crippen LogP contribution in [-0.2, 0) is 14.6 Å². The maximum Gasteiger partial charge on any atom is 0.198 e. The molecule has 11 heteroatoms. The Labute approximate surface area is 239 Å². The van der Waals surface area contributed by atoms with Crippen LogP contribution in [0.3, 0.4) is 0 Å². The number of benzene rings is 1. The molecule has 2 saturated carbocycles. The summed E-state index contributed by atoms with van der Waals surface area (Å²) in [5.74, 6) is -0.142. The summed E-state index contributed by atoms with van der Waals surface area (Å²) in [5.41, 5.74) is 7.12. The zero-order valence-corrected chi connectivity index (χ0v) is 23.9. The molecule has 3 fully saturated rings. The van der Waals surface area contributed by atoms with E-state index in [2.05, 4.69) is 23.0 Å². The Kier molecular flexibility index (Phi) is 7.00. The molecule has 3 N–H and O–H groups in total. The number of aromatic nitrogens is 1. The Bertz CT molecular complexity index is 1490. The van der Waals surface area contributed by atoms with Gasteiger partial charge in [-0.1, -0.05) is 12.1 Å². The summed E-state index contributed by atoms with van der Waals surface area (Å²) in [5, 5.41) is 17.6. The van der Waals surface area contributed by atoms with E-state index in [9.17, 15) is 17.9 Å². The molecule has 2 aromatic rings. The van der Waals surface area contributed by atoms with Crippen LogP contribution in [0.15, 0.2) is 59.4 Å². The number of methoxy groups -OCH3 is 1. The van der Waals surface area contributed by atoms with Gasteiger partial charge in [0.2, 0.25) is 0 Å². The van der Waals surface area contributed by atoms with Crippen molar-refractivity contribution < 1.29 is 22.7 Å². The van der Waals surface area contributed by atoms with Crippen molar-refractivity contribution in [3.05, 3.63) is 71.5 Å². The Morgan fingerprint density at radius 1 is 1.17 bits per heavy atom. The van der Waals surface area contributed by atoms with E-state index >= 15 is 0 Å². The highest BCUT2D eigenvalue weighted by molar-refractivity contribution is 7.92. The number of ether oxygens (including phenoxy) is 1. The lowest BCUT2D eigenvalue weighted by atomic mass is 9.90. The van der Waals surface area contributed by atoms with Crippen LogP contribution in [0, 0.1) is 11.7 Å². The third-order valence-electron chi connectivity index (χ3n) is 9.12. The molecule has 0 bridgehead atoms. The Morgan fingerprint density at radius 2 is 1.98 bits per heavy atom. The van der Waals surface area contributed by atoms with Crippen molar-refractivity contribution in [1.29, 1.82) is 0 Å². The third kappa shape index (κ3) is 4.92. The van der Waals surface area contributed by atoms with E-state index in [0.717, 1.165) is 19.4 Å². The molecule has 5 atom stereocenters. The number of rotatable bonds is 7. The van der Waals surface area contributed by atoms with E-state index in [-0.39, 0.29) is 22.8 Å². The van der Waals surface area contributed by atoms with Crippen LogP contribution in [0.5, 0.6) is 0 Å². The van der Waals surface area contributed by atoms with Gasteiger partial charge in [0.1, 0.15) is 5.82 Å². The number of hydrogen-bond donors (Lipinski definition) is 3. The highest BCUT2D eigenvalue weighted by Crippen LogP contribution is 2.47. The van der Waals surface area contributed by atoms with Crippen LogP contribution in [0.4, 0.5) is 4.39 Å². The number of fused-ring (bicyclic) bond motifs is 2. The number of halogens is 1. The second kappa shape index (κ2) is 10.6. The Balaban J connectivity index is 1.33. The lowest BCUT2D eigenvalue weighted by molar-refractivity contribution is 0.00605. The molecule has 1 saturated heterocycles. The van der Waals surface area contributed by atoms with Crippen LogP contribution in [0.2, 0.25) is 0 Å². The number of sulfone groups is 1. The first kappa shape index (κ1) is 27.2. The van der Waals surface area contributed by atoms with Gasteiger partial charge < -0.3 is 15.2 Å². The van der Waals surface area contributed by atoms with Crippen LogP contribution in [0.25, 0.3) is 11.1 Å². The summed E-state index contributed by atoms with van der Waals surface area (Å²) >= 11 is 0. The predicted octanol–water partition coefficient (Wildman–Crippen LogP) is 3.52. The van der Waals surface area contributed by atoms with Crippen molar-refractivity contribution in [2.45, 2.75) is 73.1 Å². The molecule has 41 heavy (non-hydrogen) atoms. The molecule has 7 rings (SSSR count). The molecular weight excluding hydrogens is 545 g/mol. The monoisotopic (exact) mass is 581 g/mol. The predicted molar refractivity (Wildman–Crippen MR) is 151 cm³/mol. The molecule has 3 unspecified atom stereocenters. The van der Waals surface area contributed by atoms with Gasteiger partial charge in [-0.3, -0.25) is 5.01 Å². The first-order chi connectivity index (χ1) is 19.8. The average molecular weight is 582 g/mol. The van der Waals surface area contributed by atoms with Crippen molar-refractivity contribution in [1.82, 2.24) is 25.9 Å². The van der Waals surface area contributed by atoms with Gasteiger partial charge in [-0.15, -0.1) is 5.12 Å². The number of aliphatic hydroxyl groups excluding tert-OH is 1. The molecule has 4 heterocycles. The fourth-order valence-electron chi connectivity index (χ4n) is 6.77. The maximum atomic E-state index is 14.6. The number of pyridine rings is 1. The van der Waals surface area contributed by atoms with E-state index in [0.29, 0.717) is 54.6 Å². The minimum Gasteiger partial charge on any atom is -0.391 e. The highest BCUT2D eigenvalue weighted by Gasteiger charge is 2.44. The zero-order valence-electron chi connectivity index (χ0n) is 23.0. The van der Waals surface area contributed by atoms with Crippen LogP contribution in [-0.4, -0.2) is 66.2 Å². The molecule has 0 amide bonds. The summed E-state index contributed by atoms with van der Waals surface area (Å²) in [6, 6.07) is 7.40. The standard InChI is InChI=1S/C30H36FN5O4S/c1-40-29(19-3-4-19)24-16-23(18-5-8-21(31)9-6-18)27(28-26(37)11-12-32-28)33-30(24)41(38,39)22-10-7-20-17-35-13-2-14-36(35)34-25(20)15-22/h2,5-6,8-9,13,16-17,19,22,25-26,28-29,32,34,37H,3-4,7,10-12,14-15H2,1H3/t22-,25?,26?,28?,29-/m1/s1. The molecule has 0 spiro atoms. The lowest BCUT2D eigenvalue weighted by Crippen LogP contribution is -2.55. The highest BCUT2D eigenvalue weighted by atomic mass is 32.2. The van der Waals surface area contributed by atoms with Gasteiger partial charge in [-0.25, -0.2) is 23.2 Å². The van der Waals surface area contributed by atoms with Crippen LogP contribution in [0.1, 0.15) is 61.9 Å². The molecule has 1 aromatic carbocycles. The first-order valence-electron chi connectivity index (χ1n) is 14.5. The topological polar surface area (TPSA) is 107 Å². The fraction of sp³-hybridized carbons (Fsp3) is 0.500. The molecule has 5 aliphatic rings. The van der Waals surface area contributed by atoms with Crippen molar-refractivity contribution >= 4 is 9.84 Å². The summed E-state index contributed by atoms with van der Waals surface area (Å²) in [4.78, 5) is 4.94. The van der Waals surface area contributed by atoms with Crippen molar-refractivity contribution in [3.8, 4) is 11.1 Å².